The van der Waals surface area contributed by atoms with Crippen molar-refractivity contribution in [1.29, 1.82) is 0 Å². The number of hydrogen-bond donors (Lipinski definition) is 3. The molecule has 3 N–H and O–H groups in total. The van der Waals surface area contributed by atoms with Crippen LogP contribution in [-0.4, -0.2) is 19.8 Å². The number of para-hydroxylation sites is 2. The number of hydrogen-bond acceptors (Lipinski definition) is 3. The Bertz CT molecular complexity index is 1090. The molecule has 0 fully saturated rings. The molecule has 0 unspecified atom stereocenters. The molecule has 0 saturated carbocycles. The third-order valence-electron chi connectivity index (χ3n) is 4.46. The van der Waals surface area contributed by atoms with Gasteiger partial charge in [0.2, 0.25) is 5.95 Å². The molecule has 1 aromatic heterocycles. The van der Waals surface area contributed by atoms with E-state index in [1.807, 2.05) is 60.7 Å². The van der Waals surface area contributed by atoms with Crippen LogP contribution in [-0.2, 0) is 13.2 Å². The maximum absolute atomic E-state index is 9.16. The first-order chi connectivity index (χ1) is 13.7. The number of fused-ring (bicyclic) bond motifs is 1. The standard InChI is InChI=1S/C22H20N4OS/c27-15-17-10-12-18(13-11-17)23-22(28)25-21-24-19-8-4-5-9-20(19)26(21)14-16-6-2-1-3-7-16/h1-13,27H,14-15H2,(H2,23,24,25,28). The van der Waals surface area contributed by atoms with Crippen molar-refractivity contribution >= 4 is 40.0 Å². The van der Waals surface area contributed by atoms with Crippen molar-refractivity contribution in [3.8, 4) is 0 Å². The van der Waals surface area contributed by atoms with Crippen LogP contribution >= 0.6 is 12.2 Å². The third-order valence-corrected chi connectivity index (χ3v) is 4.66. The van der Waals surface area contributed by atoms with E-state index >= 15 is 0 Å². The summed E-state index contributed by atoms with van der Waals surface area (Å²) in [7, 11) is 0. The van der Waals surface area contributed by atoms with Crippen LogP contribution in [0, 0.1) is 0 Å². The fourth-order valence-corrected chi connectivity index (χ4v) is 3.26. The predicted octanol–water partition coefficient (Wildman–Crippen LogP) is 4.39. The van der Waals surface area contributed by atoms with Crippen molar-refractivity contribution < 1.29 is 5.11 Å². The van der Waals surface area contributed by atoms with Gasteiger partial charge in [-0.05, 0) is 47.6 Å². The first kappa shape index (κ1) is 18.2. The molecular formula is C22H20N4OS. The molecule has 0 aliphatic heterocycles. The van der Waals surface area contributed by atoms with Gasteiger partial charge in [-0.2, -0.15) is 0 Å². The number of aliphatic hydroxyl groups is 1. The van der Waals surface area contributed by atoms with E-state index in [9.17, 15) is 0 Å². The van der Waals surface area contributed by atoms with E-state index in [0.717, 1.165) is 22.3 Å². The van der Waals surface area contributed by atoms with Gasteiger partial charge in [0, 0.05) is 5.69 Å². The second kappa shape index (κ2) is 8.21. The van der Waals surface area contributed by atoms with Crippen LogP contribution in [0.4, 0.5) is 11.6 Å². The van der Waals surface area contributed by atoms with Crippen molar-refractivity contribution in [1.82, 2.24) is 9.55 Å². The van der Waals surface area contributed by atoms with Crippen molar-refractivity contribution in [3.05, 3.63) is 90.0 Å². The fraction of sp³-hybridized carbons (Fsp3) is 0.0909. The minimum Gasteiger partial charge on any atom is -0.392 e. The van der Waals surface area contributed by atoms with Crippen LogP contribution in [0.2, 0.25) is 0 Å². The summed E-state index contributed by atoms with van der Waals surface area (Å²) in [6, 6.07) is 25.8. The molecule has 3 aromatic carbocycles. The Morgan fingerprint density at radius 3 is 2.32 bits per heavy atom. The van der Waals surface area contributed by atoms with Gasteiger partial charge in [-0.15, -0.1) is 0 Å². The van der Waals surface area contributed by atoms with Crippen LogP contribution in [0.25, 0.3) is 11.0 Å². The lowest BCUT2D eigenvalue weighted by Gasteiger charge is -2.13. The van der Waals surface area contributed by atoms with Crippen LogP contribution in [0.1, 0.15) is 11.1 Å². The van der Waals surface area contributed by atoms with Crippen molar-refractivity contribution in [3.63, 3.8) is 0 Å². The summed E-state index contributed by atoms with van der Waals surface area (Å²) in [5.41, 5.74) is 4.85. The van der Waals surface area contributed by atoms with E-state index in [2.05, 4.69) is 33.4 Å². The zero-order valence-electron chi connectivity index (χ0n) is 15.2. The molecule has 0 atom stereocenters. The maximum atomic E-state index is 9.16. The van der Waals surface area contributed by atoms with Gasteiger partial charge in [-0.25, -0.2) is 4.98 Å². The Kier molecular flexibility index (Phi) is 5.32. The summed E-state index contributed by atoms with van der Waals surface area (Å²) in [4.78, 5) is 4.71. The number of imidazole rings is 1. The van der Waals surface area contributed by atoms with Crippen LogP contribution < -0.4 is 10.6 Å². The van der Waals surface area contributed by atoms with Gasteiger partial charge >= 0.3 is 0 Å². The van der Waals surface area contributed by atoms with E-state index in [-0.39, 0.29) is 6.61 Å². The summed E-state index contributed by atoms with van der Waals surface area (Å²) in [6.07, 6.45) is 0. The molecule has 5 nitrogen and oxygen atoms in total. The zero-order valence-corrected chi connectivity index (χ0v) is 16.0. The van der Waals surface area contributed by atoms with Gasteiger partial charge in [0.1, 0.15) is 0 Å². The quantitative estimate of drug-likeness (QED) is 0.443. The lowest BCUT2D eigenvalue weighted by atomic mass is 10.2. The third kappa shape index (κ3) is 4.03. The Morgan fingerprint density at radius 2 is 1.57 bits per heavy atom. The highest BCUT2D eigenvalue weighted by atomic mass is 32.1. The number of thiocarbonyl (C=S) groups is 1. The number of nitrogens with zero attached hydrogens (tertiary/aromatic N) is 2. The van der Waals surface area contributed by atoms with Gasteiger partial charge in [0.25, 0.3) is 0 Å². The highest BCUT2D eigenvalue weighted by molar-refractivity contribution is 7.80. The average Bonchev–Trinajstić information content (AvgIpc) is 3.06. The molecule has 0 spiro atoms. The van der Waals surface area contributed by atoms with Crippen LogP contribution in [0.15, 0.2) is 78.9 Å². The van der Waals surface area contributed by atoms with E-state index in [1.54, 1.807) is 0 Å². The van der Waals surface area contributed by atoms with Crippen LogP contribution in [0.5, 0.6) is 0 Å². The Morgan fingerprint density at radius 1 is 0.857 bits per heavy atom. The minimum absolute atomic E-state index is 0.0203. The number of aliphatic hydroxyl groups excluding tert-OH is 1. The second-order valence-electron chi connectivity index (χ2n) is 6.43. The molecule has 4 rings (SSSR count). The molecule has 0 aliphatic rings. The Hall–Kier alpha value is -3.22. The smallest absolute Gasteiger partial charge is 0.210 e. The first-order valence-corrected chi connectivity index (χ1v) is 9.41. The van der Waals surface area contributed by atoms with Crippen molar-refractivity contribution in [2.24, 2.45) is 0 Å². The highest BCUT2D eigenvalue weighted by Gasteiger charge is 2.12. The molecular weight excluding hydrogens is 368 g/mol. The Labute approximate surface area is 168 Å². The summed E-state index contributed by atoms with van der Waals surface area (Å²) < 4.78 is 2.12. The highest BCUT2D eigenvalue weighted by Crippen LogP contribution is 2.21. The predicted molar refractivity (Wildman–Crippen MR) is 117 cm³/mol. The first-order valence-electron chi connectivity index (χ1n) is 9.00. The van der Waals surface area contributed by atoms with Gasteiger partial charge in [-0.1, -0.05) is 54.6 Å². The lowest BCUT2D eigenvalue weighted by Crippen LogP contribution is -2.21. The normalized spacial score (nSPS) is 10.8. The fourth-order valence-electron chi connectivity index (χ4n) is 3.05. The molecule has 0 bridgehead atoms. The average molecular weight is 388 g/mol. The summed E-state index contributed by atoms with van der Waals surface area (Å²) >= 11 is 5.48. The van der Waals surface area contributed by atoms with E-state index in [0.29, 0.717) is 17.6 Å². The zero-order chi connectivity index (χ0) is 19.3. The van der Waals surface area contributed by atoms with E-state index < -0.39 is 0 Å². The lowest BCUT2D eigenvalue weighted by molar-refractivity contribution is 0.282. The van der Waals surface area contributed by atoms with Gasteiger partial charge in [0.05, 0.1) is 24.2 Å². The van der Waals surface area contributed by atoms with E-state index in [4.69, 9.17) is 22.3 Å². The topological polar surface area (TPSA) is 62.1 Å². The number of rotatable bonds is 5. The van der Waals surface area contributed by atoms with E-state index in [1.165, 1.54) is 5.56 Å². The maximum Gasteiger partial charge on any atom is 0.210 e. The number of nitrogens with one attached hydrogen (secondary N) is 2. The second-order valence-corrected chi connectivity index (χ2v) is 6.84. The summed E-state index contributed by atoms with van der Waals surface area (Å²) in [5.74, 6) is 0.689. The molecule has 140 valence electrons. The molecule has 0 amide bonds. The number of benzene rings is 3. The SMILES string of the molecule is OCc1ccc(NC(=S)Nc2nc3ccccc3n2Cc2ccccc2)cc1. The molecule has 0 aliphatic carbocycles. The molecule has 6 heteroatoms. The van der Waals surface area contributed by atoms with Gasteiger partial charge < -0.3 is 20.3 Å². The number of anilines is 2. The summed E-state index contributed by atoms with van der Waals surface area (Å²) in [5, 5.41) is 16.0. The monoisotopic (exact) mass is 388 g/mol. The van der Waals surface area contributed by atoms with Gasteiger partial charge in [0.15, 0.2) is 5.11 Å². The van der Waals surface area contributed by atoms with Crippen molar-refractivity contribution in [2.75, 3.05) is 10.6 Å². The molecule has 1 heterocycles. The van der Waals surface area contributed by atoms with Gasteiger partial charge in [-0.3, -0.25) is 0 Å². The van der Waals surface area contributed by atoms with Crippen LogP contribution in [0.3, 0.4) is 0 Å². The largest absolute Gasteiger partial charge is 0.392 e. The molecule has 4 aromatic rings. The molecule has 0 saturated heterocycles. The molecule has 0 radical (unpaired) electrons. The van der Waals surface area contributed by atoms with Crippen molar-refractivity contribution in [2.45, 2.75) is 13.2 Å². The molecule has 28 heavy (non-hydrogen) atoms. The minimum atomic E-state index is 0.0203. The Balaban J connectivity index is 1.58. The summed E-state index contributed by atoms with van der Waals surface area (Å²) in [6.45, 7) is 0.712. The number of aromatic nitrogens is 2.